The van der Waals surface area contributed by atoms with E-state index in [1.807, 2.05) is 17.0 Å². The van der Waals surface area contributed by atoms with Gasteiger partial charge in [0.2, 0.25) is 5.91 Å². The number of carbonyl (C=O) groups excluding carboxylic acids is 1. The number of amides is 1. The zero-order chi connectivity index (χ0) is 20.5. The van der Waals surface area contributed by atoms with Crippen LogP contribution in [0.25, 0.3) is 11.2 Å². The molecule has 0 spiro atoms. The lowest BCUT2D eigenvalue weighted by atomic mass is 9.96. The Labute approximate surface area is 167 Å². The maximum absolute atomic E-state index is 12.5. The maximum Gasteiger partial charge on any atom is 0.332 e. The fourth-order valence-electron chi connectivity index (χ4n) is 3.89. The molecule has 9 heteroatoms. The first kappa shape index (κ1) is 19.1. The Hall–Kier alpha value is -3.23. The van der Waals surface area contributed by atoms with E-state index in [-0.39, 0.29) is 17.4 Å². The van der Waals surface area contributed by atoms with Crippen LogP contribution in [0.1, 0.15) is 36.6 Å². The van der Waals surface area contributed by atoms with Crippen molar-refractivity contribution in [3.63, 3.8) is 0 Å². The number of hydrogen-bond donors (Lipinski definition) is 1. The molecule has 0 unspecified atom stereocenters. The Bertz CT molecular complexity index is 1150. The van der Waals surface area contributed by atoms with Crippen molar-refractivity contribution in [3.05, 3.63) is 56.8 Å². The number of fused-ring (bicyclic) bond motifs is 1. The molecule has 0 bridgehead atoms. The van der Waals surface area contributed by atoms with Crippen molar-refractivity contribution in [2.75, 3.05) is 13.1 Å². The first-order valence-corrected chi connectivity index (χ1v) is 9.78. The van der Waals surface area contributed by atoms with Crippen LogP contribution in [-0.2, 0) is 25.3 Å². The SMILES string of the molecule is Cn1c(=O)c2[nH]c(C3CCN(C(=O)CCc4cccnc4)CC3)nc2n(C)c1=O. The molecular formula is C20H24N6O3. The van der Waals surface area contributed by atoms with Crippen molar-refractivity contribution < 1.29 is 4.79 Å². The van der Waals surface area contributed by atoms with Crippen LogP contribution in [0, 0.1) is 0 Å². The van der Waals surface area contributed by atoms with Crippen LogP contribution in [0.5, 0.6) is 0 Å². The topological polar surface area (TPSA) is 106 Å². The highest BCUT2D eigenvalue weighted by Gasteiger charge is 2.26. The number of likely N-dealkylation sites (tertiary alicyclic amines) is 1. The second kappa shape index (κ2) is 7.65. The Morgan fingerprint density at radius 1 is 1.21 bits per heavy atom. The molecule has 4 heterocycles. The van der Waals surface area contributed by atoms with Gasteiger partial charge in [0, 0.05) is 51.9 Å². The summed E-state index contributed by atoms with van der Waals surface area (Å²) >= 11 is 0. The molecule has 3 aromatic rings. The number of rotatable bonds is 4. The van der Waals surface area contributed by atoms with Gasteiger partial charge in [0.05, 0.1) is 0 Å². The molecule has 1 aliphatic heterocycles. The predicted octanol–water partition coefficient (Wildman–Crippen LogP) is 0.694. The second-order valence-corrected chi connectivity index (χ2v) is 7.54. The Morgan fingerprint density at radius 2 is 1.97 bits per heavy atom. The van der Waals surface area contributed by atoms with Gasteiger partial charge in [0.25, 0.3) is 5.56 Å². The summed E-state index contributed by atoms with van der Waals surface area (Å²) in [4.78, 5) is 50.6. The second-order valence-electron chi connectivity index (χ2n) is 7.54. The molecule has 0 aliphatic carbocycles. The van der Waals surface area contributed by atoms with Crippen molar-refractivity contribution in [2.45, 2.75) is 31.6 Å². The van der Waals surface area contributed by atoms with Crippen LogP contribution in [-0.4, -0.2) is 48.0 Å². The third kappa shape index (κ3) is 3.59. The molecule has 1 fully saturated rings. The molecule has 152 valence electrons. The number of aromatic amines is 1. The summed E-state index contributed by atoms with van der Waals surface area (Å²) in [6.07, 6.45) is 6.21. The molecular weight excluding hydrogens is 372 g/mol. The van der Waals surface area contributed by atoms with E-state index in [0.717, 1.165) is 23.0 Å². The summed E-state index contributed by atoms with van der Waals surface area (Å²) < 4.78 is 2.46. The van der Waals surface area contributed by atoms with Gasteiger partial charge in [-0.3, -0.25) is 23.7 Å². The molecule has 29 heavy (non-hydrogen) atoms. The smallest absolute Gasteiger partial charge is 0.332 e. The van der Waals surface area contributed by atoms with Gasteiger partial charge in [-0.15, -0.1) is 0 Å². The average molecular weight is 396 g/mol. The zero-order valence-corrected chi connectivity index (χ0v) is 16.6. The van der Waals surface area contributed by atoms with Crippen LogP contribution >= 0.6 is 0 Å². The molecule has 1 amide bonds. The molecule has 1 N–H and O–H groups in total. The van der Waals surface area contributed by atoms with Gasteiger partial charge in [-0.25, -0.2) is 9.78 Å². The lowest BCUT2D eigenvalue weighted by molar-refractivity contribution is -0.132. The number of nitrogens with one attached hydrogen (secondary N) is 1. The summed E-state index contributed by atoms with van der Waals surface area (Å²) in [5.74, 6) is 0.985. The van der Waals surface area contributed by atoms with E-state index in [0.29, 0.717) is 42.9 Å². The van der Waals surface area contributed by atoms with Crippen molar-refractivity contribution >= 4 is 17.1 Å². The van der Waals surface area contributed by atoms with E-state index in [1.54, 1.807) is 19.4 Å². The van der Waals surface area contributed by atoms with Gasteiger partial charge in [-0.1, -0.05) is 6.07 Å². The monoisotopic (exact) mass is 396 g/mol. The number of carbonyl (C=O) groups is 1. The molecule has 0 atom stereocenters. The normalized spacial score (nSPS) is 15.2. The summed E-state index contributed by atoms with van der Waals surface area (Å²) in [5.41, 5.74) is 1.02. The van der Waals surface area contributed by atoms with E-state index in [1.165, 1.54) is 11.6 Å². The van der Waals surface area contributed by atoms with E-state index >= 15 is 0 Å². The summed E-state index contributed by atoms with van der Waals surface area (Å²) in [6.45, 7) is 1.31. The van der Waals surface area contributed by atoms with Crippen LogP contribution in [0.2, 0.25) is 0 Å². The fraction of sp³-hybridized carbons (Fsp3) is 0.450. The Balaban J connectivity index is 1.42. The largest absolute Gasteiger partial charge is 0.343 e. The zero-order valence-electron chi connectivity index (χ0n) is 16.6. The standard InChI is InChI=1S/C20H24N6O3/c1-24-18-16(19(28)25(2)20(24)29)22-17(23-18)14-7-10-26(11-8-14)15(27)6-5-13-4-3-9-21-12-13/h3-4,9,12,14H,5-8,10-11H2,1-2H3,(H,22,23). The highest BCUT2D eigenvalue weighted by Crippen LogP contribution is 2.27. The third-order valence-electron chi connectivity index (χ3n) is 5.70. The van der Waals surface area contributed by atoms with E-state index in [4.69, 9.17) is 0 Å². The number of aromatic nitrogens is 5. The highest BCUT2D eigenvalue weighted by molar-refractivity contribution is 5.76. The Kier molecular flexibility index (Phi) is 5.04. The van der Waals surface area contributed by atoms with E-state index < -0.39 is 5.69 Å². The summed E-state index contributed by atoms with van der Waals surface area (Å²) in [6, 6.07) is 3.85. The van der Waals surface area contributed by atoms with Crippen molar-refractivity contribution in [3.8, 4) is 0 Å². The third-order valence-corrected chi connectivity index (χ3v) is 5.70. The molecule has 0 aromatic carbocycles. The fourth-order valence-corrected chi connectivity index (χ4v) is 3.89. The van der Waals surface area contributed by atoms with Crippen LogP contribution in [0.4, 0.5) is 0 Å². The lowest BCUT2D eigenvalue weighted by Crippen LogP contribution is -2.38. The minimum Gasteiger partial charge on any atom is -0.343 e. The number of pyridine rings is 1. The van der Waals surface area contributed by atoms with Gasteiger partial charge in [0.1, 0.15) is 11.3 Å². The highest BCUT2D eigenvalue weighted by atomic mass is 16.2. The number of nitrogens with zero attached hydrogens (tertiary/aromatic N) is 5. The van der Waals surface area contributed by atoms with E-state index in [9.17, 15) is 14.4 Å². The van der Waals surface area contributed by atoms with E-state index in [2.05, 4.69) is 15.0 Å². The number of aryl methyl sites for hydroxylation is 2. The first-order valence-electron chi connectivity index (χ1n) is 9.78. The number of imidazole rings is 1. The van der Waals surface area contributed by atoms with Gasteiger partial charge in [-0.05, 0) is 30.9 Å². The van der Waals surface area contributed by atoms with Gasteiger partial charge in [-0.2, -0.15) is 0 Å². The predicted molar refractivity (Wildman–Crippen MR) is 108 cm³/mol. The molecule has 9 nitrogen and oxygen atoms in total. The number of piperidine rings is 1. The van der Waals surface area contributed by atoms with Crippen molar-refractivity contribution in [2.24, 2.45) is 14.1 Å². The lowest BCUT2D eigenvalue weighted by Gasteiger charge is -2.31. The maximum atomic E-state index is 12.5. The number of H-pyrrole nitrogens is 1. The summed E-state index contributed by atoms with van der Waals surface area (Å²) in [5, 5.41) is 0. The number of hydrogen-bond acceptors (Lipinski definition) is 5. The van der Waals surface area contributed by atoms with Crippen LogP contribution in [0.15, 0.2) is 34.1 Å². The molecule has 0 radical (unpaired) electrons. The minimum atomic E-state index is -0.394. The average Bonchev–Trinajstić information content (AvgIpc) is 3.21. The molecule has 0 saturated carbocycles. The Morgan fingerprint density at radius 3 is 2.66 bits per heavy atom. The summed E-state index contributed by atoms with van der Waals surface area (Å²) in [7, 11) is 3.07. The minimum absolute atomic E-state index is 0.129. The van der Waals surface area contributed by atoms with Gasteiger partial charge < -0.3 is 9.88 Å². The molecule has 1 aliphatic rings. The van der Waals surface area contributed by atoms with Crippen LogP contribution < -0.4 is 11.2 Å². The molecule has 3 aromatic heterocycles. The first-order chi connectivity index (χ1) is 14.0. The van der Waals surface area contributed by atoms with Crippen molar-refractivity contribution in [1.29, 1.82) is 0 Å². The molecule has 4 rings (SSSR count). The van der Waals surface area contributed by atoms with Crippen LogP contribution in [0.3, 0.4) is 0 Å². The molecule has 1 saturated heterocycles. The van der Waals surface area contributed by atoms with Gasteiger partial charge >= 0.3 is 5.69 Å². The van der Waals surface area contributed by atoms with Gasteiger partial charge in [0.15, 0.2) is 5.65 Å². The van der Waals surface area contributed by atoms with Crippen molar-refractivity contribution in [1.82, 2.24) is 29.0 Å². The quantitative estimate of drug-likeness (QED) is 0.699.